The number of nitrogens with zero attached hydrogens (tertiary/aromatic N) is 1. The molecule has 0 spiro atoms. The van der Waals surface area contributed by atoms with E-state index >= 15 is 0 Å². The van der Waals surface area contributed by atoms with Gasteiger partial charge in [-0.05, 0) is 51.4 Å². The first-order valence-electron chi connectivity index (χ1n) is 7.51. The summed E-state index contributed by atoms with van der Waals surface area (Å²) in [5.74, 6) is 0.959. The SMILES string of the molecule is CCC(C)Oc1cccc(NCCN2CCCC2)c1. The van der Waals surface area contributed by atoms with E-state index in [9.17, 15) is 0 Å². The fraction of sp³-hybridized carbons (Fsp3) is 0.625. The van der Waals surface area contributed by atoms with E-state index in [0.29, 0.717) is 0 Å². The molecule has 0 bridgehead atoms. The van der Waals surface area contributed by atoms with Gasteiger partial charge in [0.05, 0.1) is 6.10 Å². The Kier molecular flexibility index (Phi) is 5.52. The average molecular weight is 262 g/mol. The molecule has 2 rings (SSSR count). The molecule has 0 amide bonds. The smallest absolute Gasteiger partial charge is 0.121 e. The maximum atomic E-state index is 5.83. The molecule has 1 fully saturated rings. The summed E-state index contributed by atoms with van der Waals surface area (Å²) in [5, 5.41) is 3.48. The van der Waals surface area contributed by atoms with Crippen molar-refractivity contribution in [3.63, 3.8) is 0 Å². The minimum Gasteiger partial charge on any atom is -0.491 e. The van der Waals surface area contributed by atoms with Gasteiger partial charge < -0.3 is 15.0 Å². The van der Waals surface area contributed by atoms with E-state index in [4.69, 9.17) is 4.74 Å². The van der Waals surface area contributed by atoms with Gasteiger partial charge in [-0.2, -0.15) is 0 Å². The lowest BCUT2D eigenvalue weighted by molar-refractivity contribution is 0.217. The Morgan fingerprint density at radius 2 is 2.11 bits per heavy atom. The predicted molar refractivity (Wildman–Crippen MR) is 81.0 cm³/mol. The molecule has 0 radical (unpaired) electrons. The first-order chi connectivity index (χ1) is 9.28. The molecule has 106 valence electrons. The number of hydrogen-bond donors (Lipinski definition) is 1. The third-order valence-corrected chi connectivity index (χ3v) is 3.70. The highest BCUT2D eigenvalue weighted by Gasteiger charge is 2.10. The van der Waals surface area contributed by atoms with Crippen molar-refractivity contribution >= 4 is 5.69 Å². The number of anilines is 1. The molecular formula is C16H26N2O. The third kappa shape index (κ3) is 4.75. The van der Waals surface area contributed by atoms with Crippen LogP contribution in [0.1, 0.15) is 33.1 Å². The summed E-state index contributed by atoms with van der Waals surface area (Å²) in [7, 11) is 0. The summed E-state index contributed by atoms with van der Waals surface area (Å²) in [5.41, 5.74) is 1.15. The number of nitrogens with one attached hydrogen (secondary N) is 1. The van der Waals surface area contributed by atoms with Gasteiger partial charge in [-0.25, -0.2) is 0 Å². The van der Waals surface area contributed by atoms with Crippen LogP contribution >= 0.6 is 0 Å². The van der Waals surface area contributed by atoms with E-state index in [2.05, 4.69) is 42.3 Å². The summed E-state index contributed by atoms with van der Waals surface area (Å²) < 4.78 is 5.83. The van der Waals surface area contributed by atoms with E-state index < -0.39 is 0 Å². The van der Waals surface area contributed by atoms with E-state index in [1.54, 1.807) is 0 Å². The topological polar surface area (TPSA) is 24.5 Å². The monoisotopic (exact) mass is 262 g/mol. The Hall–Kier alpha value is -1.22. The van der Waals surface area contributed by atoms with Crippen LogP contribution in [0.3, 0.4) is 0 Å². The fourth-order valence-corrected chi connectivity index (χ4v) is 2.36. The number of rotatable bonds is 7. The Morgan fingerprint density at radius 1 is 1.32 bits per heavy atom. The Balaban J connectivity index is 1.77. The van der Waals surface area contributed by atoms with Gasteiger partial charge in [0, 0.05) is 24.8 Å². The van der Waals surface area contributed by atoms with Crippen LogP contribution in [-0.4, -0.2) is 37.2 Å². The zero-order valence-corrected chi connectivity index (χ0v) is 12.2. The second-order valence-electron chi connectivity index (χ2n) is 5.34. The molecule has 1 aliphatic heterocycles. The molecule has 1 aromatic carbocycles. The van der Waals surface area contributed by atoms with Crippen molar-refractivity contribution in [3.8, 4) is 5.75 Å². The normalized spacial score (nSPS) is 17.4. The molecule has 0 aliphatic carbocycles. The molecule has 1 unspecified atom stereocenters. The molecule has 3 nitrogen and oxygen atoms in total. The van der Waals surface area contributed by atoms with Crippen LogP contribution < -0.4 is 10.1 Å². The lowest BCUT2D eigenvalue weighted by atomic mass is 10.2. The van der Waals surface area contributed by atoms with E-state index in [1.165, 1.54) is 25.9 Å². The summed E-state index contributed by atoms with van der Waals surface area (Å²) >= 11 is 0. The zero-order valence-electron chi connectivity index (χ0n) is 12.2. The average Bonchev–Trinajstić information content (AvgIpc) is 2.92. The van der Waals surface area contributed by atoms with Crippen molar-refractivity contribution in [1.82, 2.24) is 4.90 Å². The lowest BCUT2D eigenvalue weighted by Gasteiger charge is -2.16. The van der Waals surface area contributed by atoms with Crippen molar-refractivity contribution in [1.29, 1.82) is 0 Å². The van der Waals surface area contributed by atoms with Gasteiger partial charge in [-0.3, -0.25) is 0 Å². The van der Waals surface area contributed by atoms with Gasteiger partial charge in [0.25, 0.3) is 0 Å². The van der Waals surface area contributed by atoms with Gasteiger partial charge in [0.2, 0.25) is 0 Å². The minimum atomic E-state index is 0.278. The van der Waals surface area contributed by atoms with Gasteiger partial charge in [-0.1, -0.05) is 13.0 Å². The van der Waals surface area contributed by atoms with Gasteiger partial charge in [-0.15, -0.1) is 0 Å². The van der Waals surface area contributed by atoms with Crippen molar-refractivity contribution in [2.45, 2.75) is 39.2 Å². The molecule has 1 aromatic rings. The second kappa shape index (κ2) is 7.39. The van der Waals surface area contributed by atoms with Gasteiger partial charge in [0.15, 0.2) is 0 Å². The highest BCUT2D eigenvalue weighted by molar-refractivity contribution is 5.48. The summed E-state index contributed by atoms with van der Waals surface area (Å²) in [4.78, 5) is 2.52. The third-order valence-electron chi connectivity index (χ3n) is 3.70. The molecule has 1 heterocycles. The molecule has 3 heteroatoms. The molecule has 19 heavy (non-hydrogen) atoms. The zero-order chi connectivity index (χ0) is 13.5. The number of likely N-dealkylation sites (tertiary alicyclic amines) is 1. The van der Waals surface area contributed by atoms with Crippen LogP contribution in [0.5, 0.6) is 5.75 Å². The number of hydrogen-bond acceptors (Lipinski definition) is 3. The molecular weight excluding hydrogens is 236 g/mol. The molecule has 1 aliphatic rings. The summed E-state index contributed by atoms with van der Waals surface area (Å²) in [6.45, 7) is 8.91. The maximum absolute atomic E-state index is 5.83. The van der Waals surface area contributed by atoms with Gasteiger partial charge >= 0.3 is 0 Å². The predicted octanol–water partition coefficient (Wildman–Crippen LogP) is 3.37. The van der Waals surface area contributed by atoms with Crippen LogP contribution in [0.25, 0.3) is 0 Å². The van der Waals surface area contributed by atoms with Crippen LogP contribution in [-0.2, 0) is 0 Å². The summed E-state index contributed by atoms with van der Waals surface area (Å²) in [6, 6.07) is 8.28. The molecule has 0 saturated carbocycles. The highest BCUT2D eigenvalue weighted by Crippen LogP contribution is 2.19. The first kappa shape index (κ1) is 14.2. The van der Waals surface area contributed by atoms with E-state index in [-0.39, 0.29) is 6.10 Å². The van der Waals surface area contributed by atoms with Crippen molar-refractivity contribution in [2.24, 2.45) is 0 Å². The van der Waals surface area contributed by atoms with E-state index in [0.717, 1.165) is 30.9 Å². The van der Waals surface area contributed by atoms with Crippen molar-refractivity contribution in [2.75, 3.05) is 31.5 Å². The van der Waals surface area contributed by atoms with Crippen LogP contribution in [0.4, 0.5) is 5.69 Å². The van der Waals surface area contributed by atoms with Crippen LogP contribution in [0.2, 0.25) is 0 Å². The number of benzene rings is 1. The maximum Gasteiger partial charge on any atom is 0.121 e. The largest absolute Gasteiger partial charge is 0.491 e. The van der Waals surface area contributed by atoms with Crippen LogP contribution in [0.15, 0.2) is 24.3 Å². The summed E-state index contributed by atoms with van der Waals surface area (Å²) in [6.07, 6.45) is 4.03. The fourth-order valence-electron chi connectivity index (χ4n) is 2.36. The second-order valence-corrected chi connectivity index (χ2v) is 5.34. The molecule has 0 aromatic heterocycles. The minimum absolute atomic E-state index is 0.278. The number of ether oxygens (including phenoxy) is 1. The van der Waals surface area contributed by atoms with Crippen molar-refractivity contribution < 1.29 is 4.74 Å². The van der Waals surface area contributed by atoms with Crippen LogP contribution in [0, 0.1) is 0 Å². The molecule has 1 atom stereocenters. The lowest BCUT2D eigenvalue weighted by Crippen LogP contribution is -2.25. The Morgan fingerprint density at radius 3 is 2.84 bits per heavy atom. The first-order valence-corrected chi connectivity index (χ1v) is 7.51. The standard InChI is InChI=1S/C16H26N2O/c1-3-14(2)19-16-8-6-7-15(13-16)17-9-12-18-10-4-5-11-18/h6-8,13-14,17H,3-5,9-12H2,1-2H3. The molecule has 1 N–H and O–H groups in total. The van der Waals surface area contributed by atoms with E-state index in [1.807, 2.05) is 6.07 Å². The van der Waals surface area contributed by atoms with Crippen molar-refractivity contribution in [3.05, 3.63) is 24.3 Å². The quantitative estimate of drug-likeness (QED) is 0.815. The van der Waals surface area contributed by atoms with Gasteiger partial charge in [0.1, 0.15) is 5.75 Å². The Labute approximate surface area is 116 Å². The Bertz CT molecular complexity index is 375. The molecule has 1 saturated heterocycles. The highest BCUT2D eigenvalue weighted by atomic mass is 16.5.